The molecule has 0 radical (unpaired) electrons. The Kier molecular flexibility index (Phi) is 2.83. The van der Waals surface area contributed by atoms with E-state index in [-0.39, 0.29) is 16.4 Å². The first-order valence-electron chi connectivity index (χ1n) is 3.47. The molecule has 0 bridgehead atoms. The van der Waals surface area contributed by atoms with Gasteiger partial charge in [-0.1, -0.05) is 11.6 Å². The van der Waals surface area contributed by atoms with E-state index in [0.717, 1.165) is 6.07 Å². The molecule has 3 nitrogen and oxygen atoms in total. The van der Waals surface area contributed by atoms with Gasteiger partial charge in [-0.3, -0.25) is 0 Å². The van der Waals surface area contributed by atoms with Crippen molar-refractivity contribution in [1.82, 2.24) is 4.98 Å². The van der Waals surface area contributed by atoms with Gasteiger partial charge in [-0.05, 0) is 13.0 Å². The summed E-state index contributed by atoms with van der Waals surface area (Å²) in [6.07, 6.45) is 0. The molecule has 0 saturated heterocycles. The lowest BCUT2D eigenvalue weighted by atomic mass is 10.3. The Morgan fingerprint density at radius 2 is 2.31 bits per heavy atom. The molecule has 1 aromatic heterocycles. The van der Waals surface area contributed by atoms with Gasteiger partial charge in [-0.2, -0.15) is 0 Å². The molecule has 0 amide bonds. The van der Waals surface area contributed by atoms with Crippen molar-refractivity contribution < 1.29 is 13.9 Å². The molecule has 1 heterocycles. The highest BCUT2D eigenvalue weighted by Gasteiger charge is 2.14. The van der Waals surface area contributed by atoms with Crippen LogP contribution in [0.15, 0.2) is 6.07 Å². The van der Waals surface area contributed by atoms with Crippen LogP contribution in [0, 0.1) is 12.7 Å². The van der Waals surface area contributed by atoms with Crippen LogP contribution in [0.5, 0.6) is 0 Å². The maximum atomic E-state index is 12.8. The zero-order valence-corrected chi connectivity index (χ0v) is 7.85. The number of hydrogen-bond acceptors (Lipinski definition) is 3. The van der Waals surface area contributed by atoms with Crippen molar-refractivity contribution in [2.45, 2.75) is 6.92 Å². The van der Waals surface area contributed by atoms with Crippen LogP contribution in [0.4, 0.5) is 4.39 Å². The number of carbonyl (C=O) groups is 1. The van der Waals surface area contributed by atoms with Crippen LogP contribution in [0.1, 0.15) is 16.2 Å². The fourth-order valence-electron chi connectivity index (χ4n) is 0.798. The Morgan fingerprint density at radius 3 is 2.85 bits per heavy atom. The van der Waals surface area contributed by atoms with E-state index in [4.69, 9.17) is 11.6 Å². The van der Waals surface area contributed by atoms with E-state index >= 15 is 0 Å². The third-order valence-electron chi connectivity index (χ3n) is 1.48. The van der Waals surface area contributed by atoms with Gasteiger partial charge in [0.2, 0.25) is 0 Å². The number of carbonyl (C=O) groups excluding carboxylic acids is 1. The molecule has 0 fully saturated rings. The fraction of sp³-hybridized carbons (Fsp3) is 0.250. The Labute approximate surface area is 79.5 Å². The summed E-state index contributed by atoms with van der Waals surface area (Å²) < 4.78 is 17.2. The molecule has 0 aromatic carbocycles. The highest BCUT2D eigenvalue weighted by Crippen LogP contribution is 2.17. The SMILES string of the molecule is COC(=O)c1nc(C)c(F)cc1Cl. The molecule has 1 rings (SSSR count). The first kappa shape index (κ1) is 9.92. The number of esters is 1. The molecule has 0 aliphatic rings. The molecule has 0 unspecified atom stereocenters. The second-order valence-corrected chi connectivity index (χ2v) is 2.78. The second kappa shape index (κ2) is 3.70. The topological polar surface area (TPSA) is 39.2 Å². The molecule has 0 atom stereocenters. The third-order valence-corrected chi connectivity index (χ3v) is 1.77. The van der Waals surface area contributed by atoms with Gasteiger partial charge >= 0.3 is 5.97 Å². The Hall–Kier alpha value is -1.16. The third kappa shape index (κ3) is 1.95. The summed E-state index contributed by atoms with van der Waals surface area (Å²) in [5, 5.41) is -0.0463. The zero-order chi connectivity index (χ0) is 10.0. The second-order valence-electron chi connectivity index (χ2n) is 2.38. The molecular weight excluding hydrogens is 197 g/mol. The van der Waals surface area contributed by atoms with Crippen molar-refractivity contribution in [3.63, 3.8) is 0 Å². The van der Waals surface area contributed by atoms with Gasteiger partial charge < -0.3 is 4.74 Å². The quantitative estimate of drug-likeness (QED) is 0.655. The maximum Gasteiger partial charge on any atom is 0.358 e. The summed E-state index contributed by atoms with van der Waals surface area (Å²) in [6, 6.07) is 1.04. The van der Waals surface area contributed by atoms with E-state index in [1.807, 2.05) is 0 Å². The standard InChI is InChI=1S/C8H7ClFNO2/c1-4-6(10)3-5(9)7(11-4)8(12)13-2/h3H,1-2H3. The van der Waals surface area contributed by atoms with Gasteiger partial charge in [0.25, 0.3) is 0 Å². The van der Waals surface area contributed by atoms with Crippen molar-refractivity contribution >= 4 is 17.6 Å². The average Bonchev–Trinajstić information content (AvgIpc) is 2.10. The lowest BCUT2D eigenvalue weighted by Crippen LogP contribution is -2.07. The summed E-state index contributed by atoms with van der Waals surface area (Å²) in [4.78, 5) is 14.7. The van der Waals surface area contributed by atoms with Crippen LogP contribution in [0.2, 0.25) is 5.02 Å². The largest absolute Gasteiger partial charge is 0.464 e. The van der Waals surface area contributed by atoms with Gasteiger partial charge in [0.1, 0.15) is 5.82 Å². The first-order chi connectivity index (χ1) is 6.06. The minimum atomic E-state index is -0.673. The Morgan fingerprint density at radius 1 is 1.69 bits per heavy atom. The van der Waals surface area contributed by atoms with Crippen LogP contribution in [-0.2, 0) is 4.74 Å². The molecule has 70 valence electrons. The Bertz CT molecular complexity index is 354. The number of aryl methyl sites for hydroxylation is 1. The van der Waals surface area contributed by atoms with Crippen molar-refractivity contribution in [2.75, 3.05) is 7.11 Å². The molecule has 0 aliphatic carbocycles. The Balaban J connectivity index is 3.23. The van der Waals surface area contributed by atoms with E-state index in [2.05, 4.69) is 9.72 Å². The summed E-state index contributed by atoms with van der Waals surface area (Å²) in [6.45, 7) is 1.44. The van der Waals surface area contributed by atoms with Gasteiger partial charge in [-0.25, -0.2) is 14.2 Å². The minimum absolute atomic E-state index is 0.0463. The maximum absolute atomic E-state index is 12.8. The molecule has 0 aliphatic heterocycles. The summed E-state index contributed by atoms with van der Waals surface area (Å²) in [5.41, 5.74) is 0.0490. The van der Waals surface area contributed by atoms with Crippen LogP contribution >= 0.6 is 11.6 Å². The van der Waals surface area contributed by atoms with Gasteiger partial charge in [0, 0.05) is 0 Å². The van der Waals surface area contributed by atoms with Crippen LogP contribution < -0.4 is 0 Å². The van der Waals surface area contributed by atoms with Crippen molar-refractivity contribution in [3.05, 3.63) is 28.3 Å². The number of methoxy groups -OCH3 is 1. The summed E-state index contributed by atoms with van der Waals surface area (Å²) in [5.74, 6) is -1.22. The smallest absolute Gasteiger partial charge is 0.358 e. The normalized spacial score (nSPS) is 9.85. The van der Waals surface area contributed by atoms with Gasteiger partial charge in [0.15, 0.2) is 5.69 Å². The molecule has 1 aromatic rings. The molecule has 0 spiro atoms. The fourth-order valence-corrected chi connectivity index (χ4v) is 1.01. The van der Waals surface area contributed by atoms with Crippen LogP contribution in [0.3, 0.4) is 0 Å². The number of aromatic nitrogens is 1. The van der Waals surface area contributed by atoms with E-state index in [9.17, 15) is 9.18 Å². The lowest BCUT2D eigenvalue weighted by molar-refractivity contribution is 0.0594. The molecule has 5 heteroatoms. The molecule has 0 saturated carbocycles. The number of ether oxygens (including phenoxy) is 1. The predicted octanol–water partition coefficient (Wildman–Crippen LogP) is 1.97. The van der Waals surface area contributed by atoms with Crippen molar-refractivity contribution in [2.24, 2.45) is 0 Å². The van der Waals surface area contributed by atoms with E-state index in [1.165, 1.54) is 14.0 Å². The summed E-state index contributed by atoms with van der Waals surface area (Å²) >= 11 is 5.57. The number of rotatable bonds is 1. The van der Waals surface area contributed by atoms with Crippen LogP contribution in [-0.4, -0.2) is 18.1 Å². The average molecular weight is 204 g/mol. The summed E-state index contributed by atoms with van der Waals surface area (Å²) in [7, 11) is 1.21. The zero-order valence-electron chi connectivity index (χ0n) is 7.10. The van der Waals surface area contributed by atoms with Crippen molar-refractivity contribution in [3.8, 4) is 0 Å². The molecule has 13 heavy (non-hydrogen) atoms. The number of hydrogen-bond donors (Lipinski definition) is 0. The highest BCUT2D eigenvalue weighted by molar-refractivity contribution is 6.33. The van der Waals surface area contributed by atoms with E-state index in [1.54, 1.807) is 0 Å². The van der Waals surface area contributed by atoms with Crippen molar-refractivity contribution in [1.29, 1.82) is 0 Å². The number of pyridine rings is 1. The first-order valence-corrected chi connectivity index (χ1v) is 3.85. The lowest BCUT2D eigenvalue weighted by Gasteiger charge is -2.02. The molecule has 0 N–H and O–H groups in total. The van der Waals surface area contributed by atoms with Gasteiger partial charge in [0.05, 0.1) is 17.8 Å². The van der Waals surface area contributed by atoms with Crippen LogP contribution in [0.25, 0.3) is 0 Å². The van der Waals surface area contributed by atoms with E-state index < -0.39 is 11.8 Å². The van der Waals surface area contributed by atoms with E-state index in [0.29, 0.717) is 0 Å². The number of nitrogens with zero attached hydrogens (tertiary/aromatic N) is 1. The number of halogens is 2. The predicted molar refractivity (Wildman–Crippen MR) is 45.3 cm³/mol. The minimum Gasteiger partial charge on any atom is -0.464 e. The monoisotopic (exact) mass is 203 g/mol. The van der Waals surface area contributed by atoms with Gasteiger partial charge in [-0.15, -0.1) is 0 Å². The highest BCUT2D eigenvalue weighted by atomic mass is 35.5. The molecular formula is C8H7ClFNO2.